The van der Waals surface area contributed by atoms with Gasteiger partial charge >= 0.3 is 0 Å². The van der Waals surface area contributed by atoms with Gasteiger partial charge in [-0.05, 0) is 32.0 Å². The van der Waals surface area contributed by atoms with Crippen molar-refractivity contribution < 1.29 is 14.0 Å². The Hall–Kier alpha value is -3.06. The first-order chi connectivity index (χ1) is 14.4. The number of aryl methyl sites for hydroxylation is 1. The molecular formula is C23H22FN3O2S. The molecule has 1 amide bonds. The van der Waals surface area contributed by atoms with Crippen LogP contribution in [-0.4, -0.2) is 47.8 Å². The molecule has 1 aliphatic heterocycles. The minimum atomic E-state index is -0.409. The van der Waals surface area contributed by atoms with Crippen LogP contribution in [0.2, 0.25) is 0 Å². The zero-order chi connectivity index (χ0) is 21.3. The maximum absolute atomic E-state index is 14.5. The number of ketones is 1. The van der Waals surface area contributed by atoms with Crippen molar-refractivity contribution in [2.75, 3.05) is 31.1 Å². The summed E-state index contributed by atoms with van der Waals surface area (Å²) in [4.78, 5) is 33.4. The average Bonchev–Trinajstić information content (AvgIpc) is 3.15. The molecular weight excluding hydrogens is 401 g/mol. The van der Waals surface area contributed by atoms with Crippen LogP contribution in [0, 0.1) is 12.7 Å². The summed E-state index contributed by atoms with van der Waals surface area (Å²) < 4.78 is 14.5. The predicted molar refractivity (Wildman–Crippen MR) is 117 cm³/mol. The highest BCUT2D eigenvalue weighted by molar-refractivity contribution is 7.17. The summed E-state index contributed by atoms with van der Waals surface area (Å²) >= 11 is 1.41. The van der Waals surface area contributed by atoms with E-state index < -0.39 is 5.82 Å². The number of anilines is 1. The van der Waals surface area contributed by atoms with Gasteiger partial charge in [0.1, 0.15) is 15.7 Å². The first-order valence-corrected chi connectivity index (χ1v) is 10.6. The van der Waals surface area contributed by atoms with Gasteiger partial charge in [0.15, 0.2) is 5.78 Å². The molecule has 0 atom stereocenters. The summed E-state index contributed by atoms with van der Waals surface area (Å²) in [6, 6.07) is 14.4. The van der Waals surface area contributed by atoms with E-state index in [1.54, 1.807) is 17.0 Å². The van der Waals surface area contributed by atoms with Gasteiger partial charge in [-0.15, -0.1) is 11.3 Å². The first kappa shape index (κ1) is 20.2. The lowest BCUT2D eigenvalue weighted by Gasteiger charge is -2.36. The molecule has 0 N–H and O–H groups in total. The molecule has 1 saturated heterocycles. The van der Waals surface area contributed by atoms with Crippen LogP contribution in [0.3, 0.4) is 0 Å². The van der Waals surface area contributed by atoms with Crippen LogP contribution in [-0.2, 0) is 0 Å². The van der Waals surface area contributed by atoms with Crippen LogP contribution in [0.1, 0.15) is 32.6 Å². The Labute approximate surface area is 178 Å². The minimum absolute atomic E-state index is 0.0285. The van der Waals surface area contributed by atoms with Gasteiger partial charge in [0.05, 0.1) is 11.4 Å². The van der Waals surface area contributed by atoms with Gasteiger partial charge in [-0.25, -0.2) is 9.37 Å². The van der Waals surface area contributed by atoms with Crippen molar-refractivity contribution >= 4 is 28.7 Å². The summed E-state index contributed by atoms with van der Waals surface area (Å²) in [6.45, 7) is 5.36. The Kier molecular flexibility index (Phi) is 5.63. The van der Waals surface area contributed by atoms with E-state index in [-0.39, 0.29) is 11.7 Å². The second-order valence-electron chi connectivity index (χ2n) is 7.30. The third-order valence-corrected chi connectivity index (χ3v) is 6.47. The van der Waals surface area contributed by atoms with E-state index in [1.165, 1.54) is 24.3 Å². The number of Topliss-reactive ketones (excluding diaryl/α,β-unsaturated/α-hetero) is 1. The summed E-state index contributed by atoms with van der Waals surface area (Å²) in [5, 5.41) is 0.836. The number of hydrogen-bond donors (Lipinski definition) is 0. The highest BCUT2D eigenvalue weighted by Gasteiger charge is 2.26. The van der Waals surface area contributed by atoms with Crippen molar-refractivity contribution in [3.05, 3.63) is 70.5 Å². The monoisotopic (exact) mass is 423 g/mol. The second-order valence-corrected chi connectivity index (χ2v) is 8.30. The van der Waals surface area contributed by atoms with Crippen LogP contribution in [0.25, 0.3) is 10.6 Å². The summed E-state index contributed by atoms with van der Waals surface area (Å²) in [7, 11) is 0. The molecule has 1 aromatic heterocycles. The van der Waals surface area contributed by atoms with Crippen molar-refractivity contribution in [3.63, 3.8) is 0 Å². The van der Waals surface area contributed by atoms with Gasteiger partial charge in [0.2, 0.25) is 0 Å². The number of piperazine rings is 1. The minimum Gasteiger partial charge on any atom is -0.366 e. The molecule has 0 bridgehead atoms. The van der Waals surface area contributed by atoms with E-state index in [2.05, 4.69) is 4.98 Å². The first-order valence-electron chi connectivity index (χ1n) is 9.81. The predicted octanol–water partition coefficient (Wildman–Crippen LogP) is 4.42. The van der Waals surface area contributed by atoms with Crippen LogP contribution in [0.4, 0.5) is 10.1 Å². The topological polar surface area (TPSA) is 53.5 Å². The molecule has 0 aliphatic carbocycles. The Bertz CT molecular complexity index is 1090. The fourth-order valence-corrected chi connectivity index (χ4v) is 4.62. The summed E-state index contributed by atoms with van der Waals surface area (Å²) in [5.74, 6) is -0.599. The highest BCUT2D eigenvalue weighted by atomic mass is 32.1. The normalized spacial score (nSPS) is 14.1. The number of carbonyl (C=O) groups excluding carboxylic acids is 2. The molecule has 0 unspecified atom stereocenters. The molecule has 2 heterocycles. The lowest BCUT2D eigenvalue weighted by Crippen LogP contribution is -2.49. The number of carbonyl (C=O) groups is 2. The molecule has 0 spiro atoms. The maximum atomic E-state index is 14.5. The fourth-order valence-electron chi connectivity index (χ4n) is 3.58. The second kappa shape index (κ2) is 8.36. The summed E-state index contributed by atoms with van der Waals surface area (Å²) in [5.41, 5.74) is 2.56. The largest absolute Gasteiger partial charge is 0.366 e. The number of aromatic nitrogens is 1. The van der Waals surface area contributed by atoms with Gasteiger partial charge in [0, 0.05) is 37.3 Å². The third kappa shape index (κ3) is 3.98. The van der Waals surface area contributed by atoms with Crippen LogP contribution in [0.5, 0.6) is 0 Å². The number of benzene rings is 2. The Morgan fingerprint density at radius 3 is 2.37 bits per heavy atom. The van der Waals surface area contributed by atoms with Gasteiger partial charge in [-0.3, -0.25) is 9.59 Å². The molecule has 2 aromatic carbocycles. The van der Waals surface area contributed by atoms with Crippen molar-refractivity contribution in [1.29, 1.82) is 0 Å². The molecule has 7 heteroatoms. The molecule has 0 radical (unpaired) electrons. The molecule has 154 valence electrons. The van der Waals surface area contributed by atoms with E-state index >= 15 is 0 Å². The van der Waals surface area contributed by atoms with E-state index in [0.717, 1.165) is 16.3 Å². The van der Waals surface area contributed by atoms with Gasteiger partial charge in [0.25, 0.3) is 5.91 Å². The van der Waals surface area contributed by atoms with Crippen molar-refractivity contribution in [1.82, 2.24) is 9.88 Å². The van der Waals surface area contributed by atoms with E-state index in [1.807, 2.05) is 42.2 Å². The summed E-state index contributed by atoms with van der Waals surface area (Å²) in [6.07, 6.45) is 0. The number of rotatable bonds is 4. The number of hydrogen-bond acceptors (Lipinski definition) is 5. The van der Waals surface area contributed by atoms with E-state index in [9.17, 15) is 14.0 Å². The number of thiazole rings is 1. The molecule has 1 aliphatic rings. The zero-order valence-electron chi connectivity index (χ0n) is 16.9. The average molecular weight is 424 g/mol. The fraction of sp³-hybridized carbons (Fsp3) is 0.261. The molecule has 0 saturated carbocycles. The standard InChI is InChI=1S/C23H22FN3O2S/c1-15-21(30-22(25-15)17-6-4-3-5-7-17)23(29)27-12-10-26(11-13-27)20-9-8-18(16(2)28)14-19(20)24/h3-9,14H,10-13H2,1-2H3. The van der Waals surface area contributed by atoms with E-state index in [4.69, 9.17) is 0 Å². The smallest absolute Gasteiger partial charge is 0.265 e. The van der Waals surface area contributed by atoms with Crippen LogP contribution >= 0.6 is 11.3 Å². The quantitative estimate of drug-likeness (QED) is 0.583. The number of halogens is 1. The Morgan fingerprint density at radius 2 is 1.73 bits per heavy atom. The van der Waals surface area contributed by atoms with Crippen molar-refractivity contribution in [2.45, 2.75) is 13.8 Å². The third-order valence-electron chi connectivity index (χ3n) is 5.27. The van der Waals surface area contributed by atoms with Gasteiger partial charge < -0.3 is 9.80 Å². The highest BCUT2D eigenvalue weighted by Crippen LogP contribution is 2.29. The Balaban J connectivity index is 1.45. The van der Waals surface area contributed by atoms with Crippen molar-refractivity contribution in [2.24, 2.45) is 0 Å². The molecule has 3 aromatic rings. The van der Waals surface area contributed by atoms with Crippen LogP contribution < -0.4 is 4.90 Å². The lowest BCUT2D eigenvalue weighted by atomic mass is 10.1. The van der Waals surface area contributed by atoms with Crippen molar-refractivity contribution in [3.8, 4) is 10.6 Å². The SMILES string of the molecule is CC(=O)c1ccc(N2CCN(C(=O)c3sc(-c4ccccc4)nc3C)CC2)c(F)c1. The number of amides is 1. The number of nitrogens with zero attached hydrogens (tertiary/aromatic N) is 3. The molecule has 5 nitrogen and oxygen atoms in total. The maximum Gasteiger partial charge on any atom is 0.265 e. The molecule has 1 fully saturated rings. The molecule has 30 heavy (non-hydrogen) atoms. The zero-order valence-corrected chi connectivity index (χ0v) is 17.7. The van der Waals surface area contributed by atoms with E-state index in [0.29, 0.717) is 42.3 Å². The van der Waals surface area contributed by atoms with Gasteiger partial charge in [-0.1, -0.05) is 30.3 Å². The van der Waals surface area contributed by atoms with Gasteiger partial charge in [-0.2, -0.15) is 0 Å². The lowest BCUT2D eigenvalue weighted by molar-refractivity contribution is 0.0750. The van der Waals surface area contributed by atoms with Crippen LogP contribution in [0.15, 0.2) is 48.5 Å². The molecule has 4 rings (SSSR count). The Morgan fingerprint density at radius 1 is 1.03 bits per heavy atom.